The first-order valence-electron chi connectivity index (χ1n) is 6.27. The number of thioether (sulfide) groups is 1. The predicted octanol–water partition coefficient (Wildman–Crippen LogP) is 3.62. The molecule has 1 aromatic heterocycles. The van der Waals surface area contributed by atoms with E-state index in [1.807, 2.05) is 41.1 Å². The molecule has 2 aromatic rings. The molecule has 1 N–H and O–H groups in total. The number of fused-ring (bicyclic) bond motifs is 3. The highest BCUT2D eigenvalue weighted by atomic mass is 32.2. The van der Waals surface area contributed by atoms with Gasteiger partial charge in [0, 0.05) is 4.90 Å². The fourth-order valence-electron chi connectivity index (χ4n) is 2.29. The molecular weight excluding hydrogens is 302 g/mol. The Morgan fingerprint density at radius 2 is 2.10 bits per heavy atom. The minimum Gasteiger partial charge on any atom is -0.283 e. The van der Waals surface area contributed by atoms with Gasteiger partial charge in [-0.05, 0) is 52.4 Å². The Morgan fingerprint density at radius 1 is 1.24 bits per heavy atom. The van der Waals surface area contributed by atoms with Crippen LogP contribution < -0.4 is 4.90 Å². The van der Waals surface area contributed by atoms with Gasteiger partial charge in [0.1, 0.15) is 5.84 Å². The van der Waals surface area contributed by atoms with E-state index in [2.05, 4.69) is 4.99 Å². The number of para-hydroxylation sites is 1. The zero-order valence-corrected chi connectivity index (χ0v) is 12.4. The van der Waals surface area contributed by atoms with Crippen LogP contribution in [-0.4, -0.2) is 16.9 Å². The number of rotatable bonds is 1. The molecule has 0 saturated heterocycles. The Bertz CT molecular complexity index is 821. The number of carbonyl (C=O) groups excluding carboxylic acids is 1. The second-order valence-electron chi connectivity index (χ2n) is 4.57. The zero-order valence-electron chi connectivity index (χ0n) is 10.7. The maximum Gasteiger partial charge on any atom is 0.283 e. The normalized spacial score (nSPS) is 18.8. The molecule has 0 aliphatic carbocycles. The lowest BCUT2D eigenvalue weighted by Gasteiger charge is -2.24. The number of thiophene rings is 1. The van der Waals surface area contributed by atoms with Crippen molar-refractivity contribution in [1.29, 1.82) is 5.41 Å². The average Bonchev–Trinajstić information content (AvgIpc) is 3.10. The highest BCUT2D eigenvalue weighted by Gasteiger charge is 2.37. The fraction of sp³-hybridized carbons (Fsp3) is 0. The number of benzene rings is 1. The van der Waals surface area contributed by atoms with Gasteiger partial charge in [0.05, 0.1) is 11.3 Å². The van der Waals surface area contributed by atoms with Crippen molar-refractivity contribution in [3.05, 3.63) is 52.2 Å². The molecule has 1 amide bonds. The summed E-state index contributed by atoms with van der Waals surface area (Å²) < 4.78 is 0. The van der Waals surface area contributed by atoms with E-state index in [1.165, 1.54) is 11.8 Å². The van der Waals surface area contributed by atoms with Crippen LogP contribution in [0, 0.1) is 5.41 Å². The summed E-state index contributed by atoms with van der Waals surface area (Å²) in [5, 5.41) is 12.8. The Balaban J connectivity index is 1.83. The lowest BCUT2D eigenvalue weighted by Crippen LogP contribution is -2.39. The maximum absolute atomic E-state index is 12.2. The number of nitrogens with one attached hydrogen (secondary N) is 1. The summed E-state index contributed by atoms with van der Waals surface area (Å²) in [5.74, 6) is -0.161. The van der Waals surface area contributed by atoms with Gasteiger partial charge in [-0.3, -0.25) is 15.1 Å². The third kappa shape index (κ3) is 1.95. The average molecular weight is 311 g/mol. The summed E-state index contributed by atoms with van der Waals surface area (Å²) in [7, 11) is 0. The van der Waals surface area contributed by atoms with Crippen LogP contribution in [-0.2, 0) is 4.79 Å². The first-order valence-corrected chi connectivity index (χ1v) is 8.03. The predicted molar refractivity (Wildman–Crippen MR) is 87.2 cm³/mol. The molecule has 102 valence electrons. The van der Waals surface area contributed by atoms with Crippen molar-refractivity contribution in [3.63, 3.8) is 0 Å². The SMILES string of the molecule is N=C1C(=Cc2ccsc2)C(=O)N=C2Sc3ccccc3N12. The second-order valence-corrected chi connectivity index (χ2v) is 6.36. The summed E-state index contributed by atoms with van der Waals surface area (Å²) in [6.07, 6.45) is 1.73. The standard InChI is InChI=1S/C15H9N3OS2/c16-13-10(7-9-5-6-20-8-9)14(19)17-15-18(13)11-3-1-2-4-12(11)21-15/h1-8,16H. The Labute approximate surface area is 129 Å². The summed E-state index contributed by atoms with van der Waals surface area (Å²) in [5.41, 5.74) is 2.16. The third-order valence-electron chi connectivity index (χ3n) is 3.26. The second kappa shape index (κ2) is 4.68. The smallest absolute Gasteiger partial charge is 0.283 e. The number of nitrogens with zero attached hydrogens (tertiary/aromatic N) is 2. The van der Waals surface area contributed by atoms with Gasteiger partial charge in [-0.15, -0.1) is 0 Å². The lowest BCUT2D eigenvalue weighted by atomic mass is 10.1. The van der Waals surface area contributed by atoms with E-state index in [9.17, 15) is 4.79 Å². The van der Waals surface area contributed by atoms with E-state index in [-0.39, 0.29) is 11.7 Å². The van der Waals surface area contributed by atoms with Gasteiger partial charge in [0.15, 0.2) is 5.17 Å². The van der Waals surface area contributed by atoms with Crippen molar-refractivity contribution in [3.8, 4) is 0 Å². The lowest BCUT2D eigenvalue weighted by molar-refractivity contribution is -0.113. The Hall–Kier alpha value is -2.18. The molecule has 0 unspecified atom stereocenters. The first kappa shape index (κ1) is 12.6. The van der Waals surface area contributed by atoms with Crippen LogP contribution in [0.3, 0.4) is 0 Å². The van der Waals surface area contributed by atoms with Crippen LogP contribution in [0.15, 0.2) is 56.6 Å². The molecule has 2 aliphatic rings. The van der Waals surface area contributed by atoms with Crippen molar-refractivity contribution >= 4 is 51.8 Å². The van der Waals surface area contributed by atoms with Crippen LogP contribution in [0.1, 0.15) is 5.56 Å². The van der Waals surface area contributed by atoms with Crippen molar-refractivity contribution < 1.29 is 4.79 Å². The molecule has 0 fully saturated rings. The number of aliphatic imine (C=N–C) groups is 1. The van der Waals surface area contributed by atoms with Crippen LogP contribution in [0.5, 0.6) is 0 Å². The molecule has 0 saturated carbocycles. The van der Waals surface area contributed by atoms with Crippen LogP contribution in [0.2, 0.25) is 0 Å². The Morgan fingerprint density at radius 3 is 2.90 bits per heavy atom. The maximum atomic E-state index is 12.2. The summed E-state index contributed by atoms with van der Waals surface area (Å²) in [6.45, 7) is 0. The van der Waals surface area contributed by atoms with E-state index in [4.69, 9.17) is 5.41 Å². The van der Waals surface area contributed by atoms with Gasteiger partial charge in [-0.2, -0.15) is 16.3 Å². The van der Waals surface area contributed by atoms with Gasteiger partial charge >= 0.3 is 0 Å². The van der Waals surface area contributed by atoms with E-state index < -0.39 is 0 Å². The summed E-state index contributed by atoms with van der Waals surface area (Å²) in [6, 6.07) is 9.70. The highest BCUT2D eigenvalue weighted by Crippen LogP contribution is 2.42. The third-order valence-corrected chi connectivity index (χ3v) is 4.98. The number of hydrogen-bond acceptors (Lipinski definition) is 4. The molecule has 4 nitrogen and oxygen atoms in total. The van der Waals surface area contributed by atoms with E-state index in [0.717, 1.165) is 16.1 Å². The van der Waals surface area contributed by atoms with Crippen molar-refractivity contribution in [2.24, 2.45) is 4.99 Å². The molecule has 4 rings (SSSR count). The van der Waals surface area contributed by atoms with Gasteiger partial charge in [0.2, 0.25) is 0 Å². The van der Waals surface area contributed by atoms with Gasteiger partial charge in [-0.25, -0.2) is 0 Å². The monoisotopic (exact) mass is 311 g/mol. The molecule has 0 radical (unpaired) electrons. The van der Waals surface area contributed by atoms with E-state index in [1.54, 1.807) is 22.3 Å². The largest absolute Gasteiger partial charge is 0.283 e. The molecule has 0 spiro atoms. The zero-order chi connectivity index (χ0) is 14.4. The number of hydrogen-bond donors (Lipinski definition) is 1. The molecule has 1 aromatic carbocycles. The molecular formula is C15H9N3OS2. The van der Waals surface area contributed by atoms with Gasteiger partial charge < -0.3 is 0 Å². The highest BCUT2D eigenvalue weighted by molar-refractivity contribution is 8.15. The summed E-state index contributed by atoms with van der Waals surface area (Å²) in [4.78, 5) is 19.1. The van der Waals surface area contributed by atoms with Crippen LogP contribution >= 0.6 is 23.1 Å². The van der Waals surface area contributed by atoms with Crippen molar-refractivity contribution in [1.82, 2.24) is 0 Å². The molecule has 3 heterocycles. The van der Waals surface area contributed by atoms with Crippen molar-refractivity contribution in [2.75, 3.05) is 4.90 Å². The number of anilines is 1. The van der Waals surface area contributed by atoms with Crippen LogP contribution in [0.4, 0.5) is 5.69 Å². The van der Waals surface area contributed by atoms with Gasteiger partial charge in [0.25, 0.3) is 5.91 Å². The van der Waals surface area contributed by atoms with Crippen molar-refractivity contribution in [2.45, 2.75) is 4.90 Å². The minimum atomic E-state index is -0.349. The molecule has 21 heavy (non-hydrogen) atoms. The first-order chi connectivity index (χ1) is 10.2. The van der Waals surface area contributed by atoms with Gasteiger partial charge in [-0.1, -0.05) is 12.1 Å². The topological polar surface area (TPSA) is 56.5 Å². The number of carbonyl (C=O) groups is 1. The van der Waals surface area contributed by atoms with E-state index in [0.29, 0.717) is 10.7 Å². The fourth-order valence-corrected chi connectivity index (χ4v) is 3.92. The summed E-state index contributed by atoms with van der Waals surface area (Å²) >= 11 is 2.99. The molecule has 0 bridgehead atoms. The number of amidine groups is 2. The minimum absolute atomic E-state index is 0.189. The number of amides is 1. The molecule has 0 atom stereocenters. The molecule has 6 heteroatoms. The quantitative estimate of drug-likeness (QED) is 0.818. The van der Waals surface area contributed by atoms with E-state index >= 15 is 0 Å². The Kier molecular flexibility index (Phi) is 2.80. The van der Waals surface area contributed by atoms with Crippen LogP contribution in [0.25, 0.3) is 6.08 Å². The molecule has 2 aliphatic heterocycles.